The van der Waals surface area contributed by atoms with Crippen LogP contribution in [0.1, 0.15) is 43.2 Å². The Hall–Kier alpha value is -1.42. The molecule has 3 rings (SSSR count). The SMILES string of the molecule is Cc1c(F)cccc1C1(C(=O)O)CCC(N2CCCC2)C1. The summed E-state index contributed by atoms with van der Waals surface area (Å²) in [5.41, 5.74) is 0.234. The predicted octanol–water partition coefficient (Wildman–Crippen LogP) is 3.10. The van der Waals surface area contributed by atoms with Crippen molar-refractivity contribution in [3.05, 3.63) is 35.1 Å². The van der Waals surface area contributed by atoms with Crippen LogP contribution in [-0.4, -0.2) is 35.1 Å². The summed E-state index contributed by atoms with van der Waals surface area (Å²) in [7, 11) is 0. The normalized spacial score (nSPS) is 29.9. The zero-order valence-electron chi connectivity index (χ0n) is 12.4. The molecular weight excluding hydrogens is 269 g/mol. The van der Waals surface area contributed by atoms with Crippen LogP contribution in [-0.2, 0) is 10.2 Å². The maximum absolute atomic E-state index is 13.9. The second-order valence-corrected chi connectivity index (χ2v) is 6.44. The van der Waals surface area contributed by atoms with Crippen molar-refractivity contribution in [2.24, 2.45) is 0 Å². The number of carbonyl (C=O) groups is 1. The van der Waals surface area contributed by atoms with Gasteiger partial charge in [-0.25, -0.2) is 4.39 Å². The number of likely N-dealkylation sites (tertiary alicyclic amines) is 1. The fourth-order valence-electron chi connectivity index (χ4n) is 4.12. The summed E-state index contributed by atoms with van der Waals surface area (Å²) in [5, 5.41) is 9.85. The number of benzene rings is 1. The topological polar surface area (TPSA) is 40.5 Å². The van der Waals surface area contributed by atoms with Crippen LogP contribution in [0.5, 0.6) is 0 Å². The van der Waals surface area contributed by atoms with E-state index in [1.54, 1.807) is 19.1 Å². The average Bonchev–Trinajstić information content (AvgIpc) is 3.10. The molecule has 1 heterocycles. The molecule has 21 heavy (non-hydrogen) atoms. The minimum absolute atomic E-state index is 0.308. The van der Waals surface area contributed by atoms with Crippen molar-refractivity contribution < 1.29 is 14.3 Å². The Bertz CT molecular complexity index is 554. The highest BCUT2D eigenvalue weighted by atomic mass is 19.1. The molecule has 1 aromatic carbocycles. The fourth-order valence-corrected chi connectivity index (χ4v) is 4.12. The van der Waals surface area contributed by atoms with Gasteiger partial charge >= 0.3 is 5.97 Å². The molecule has 0 spiro atoms. The third-order valence-electron chi connectivity index (χ3n) is 5.34. The van der Waals surface area contributed by atoms with E-state index < -0.39 is 11.4 Å². The molecular formula is C17H22FNO2. The molecule has 0 radical (unpaired) electrons. The first-order chi connectivity index (χ1) is 10.0. The van der Waals surface area contributed by atoms with Gasteiger partial charge in [-0.15, -0.1) is 0 Å². The standard InChI is InChI=1S/C17H22FNO2/c1-12-14(5-4-6-15(12)18)17(16(20)21)8-7-13(11-17)19-9-2-3-10-19/h4-6,13H,2-3,7-11H2,1H3,(H,20,21). The Morgan fingerprint density at radius 1 is 1.38 bits per heavy atom. The predicted molar refractivity (Wildman–Crippen MR) is 78.9 cm³/mol. The zero-order valence-corrected chi connectivity index (χ0v) is 12.4. The van der Waals surface area contributed by atoms with E-state index in [-0.39, 0.29) is 5.82 Å². The van der Waals surface area contributed by atoms with Crippen LogP contribution < -0.4 is 0 Å². The van der Waals surface area contributed by atoms with E-state index in [1.807, 2.05) is 0 Å². The summed E-state index contributed by atoms with van der Waals surface area (Å²) in [6, 6.07) is 5.15. The summed E-state index contributed by atoms with van der Waals surface area (Å²) in [4.78, 5) is 14.4. The molecule has 0 amide bonds. The van der Waals surface area contributed by atoms with Gasteiger partial charge in [-0.3, -0.25) is 4.79 Å². The van der Waals surface area contributed by atoms with E-state index in [2.05, 4.69) is 4.90 Å². The van der Waals surface area contributed by atoms with Crippen molar-refractivity contribution >= 4 is 5.97 Å². The summed E-state index contributed by atoms with van der Waals surface area (Å²) in [5.74, 6) is -1.12. The van der Waals surface area contributed by atoms with E-state index in [1.165, 1.54) is 18.9 Å². The molecule has 1 aliphatic heterocycles. The van der Waals surface area contributed by atoms with Crippen molar-refractivity contribution in [1.82, 2.24) is 4.90 Å². The molecule has 1 aromatic rings. The molecule has 2 aliphatic rings. The van der Waals surface area contributed by atoms with Crippen LogP contribution in [0, 0.1) is 12.7 Å². The largest absolute Gasteiger partial charge is 0.481 e. The molecule has 114 valence electrons. The number of carboxylic acids is 1. The highest BCUT2D eigenvalue weighted by Gasteiger charge is 2.49. The van der Waals surface area contributed by atoms with Gasteiger partial charge in [-0.05, 0) is 69.3 Å². The summed E-state index contributed by atoms with van der Waals surface area (Å²) in [6.45, 7) is 3.84. The van der Waals surface area contributed by atoms with Crippen LogP contribution in [0.25, 0.3) is 0 Å². The lowest BCUT2D eigenvalue weighted by Gasteiger charge is -2.29. The van der Waals surface area contributed by atoms with Gasteiger partial charge in [0.2, 0.25) is 0 Å². The molecule has 0 bridgehead atoms. The molecule has 0 aromatic heterocycles. The molecule has 4 heteroatoms. The number of hydrogen-bond donors (Lipinski definition) is 1. The third kappa shape index (κ3) is 2.35. The summed E-state index contributed by atoms with van der Waals surface area (Å²) >= 11 is 0. The highest BCUT2D eigenvalue weighted by Crippen LogP contribution is 2.45. The van der Waals surface area contributed by atoms with Crippen molar-refractivity contribution in [3.8, 4) is 0 Å². The fraction of sp³-hybridized carbons (Fsp3) is 0.588. The summed E-state index contributed by atoms with van der Waals surface area (Å²) < 4.78 is 13.9. The van der Waals surface area contributed by atoms with Gasteiger partial charge in [-0.2, -0.15) is 0 Å². The third-order valence-corrected chi connectivity index (χ3v) is 5.34. The lowest BCUT2D eigenvalue weighted by atomic mass is 9.76. The lowest BCUT2D eigenvalue weighted by Crippen LogP contribution is -2.38. The second kappa shape index (κ2) is 5.41. The maximum Gasteiger partial charge on any atom is 0.314 e. The Kier molecular flexibility index (Phi) is 3.74. The first-order valence-corrected chi connectivity index (χ1v) is 7.77. The zero-order chi connectivity index (χ0) is 15.0. The van der Waals surface area contributed by atoms with Gasteiger partial charge in [0.1, 0.15) is 5.82 Å². The van der Waals surface area contributed by atoms with Crippen molar-refractivity contribution in [1.29, 1.82) is 0 Å². The number of aliphatic carboxylic acids is 1. The van der Waals surface area contributed by atoms with Gasteiger partial charge < -0.3 is 10.0 Å². The number of nitrogens with zero attached hydrogens (tertiary/aromatic N) is 1. The van der Waals surface area contributed by atoms with Gasteiger partial charge in [-0.1, -0.05) is 12.1 Å². The number of hydrogen-bond acceptors (Lipinski definition) is 2. The minimum atomic E-state index is -0.917. The number of rotatable bonds is 3. The van der Waals surface area contributed by atoms with Gasteiger partial charge in [0.25, 0.3) is 0 Å². The monoisotopic (exact) mass is 291 g/mol. The van der Waals surface area contributed by atoms with Crippen LogP contribution in [0.3, 0.4) is 0 Å². The van der Waals surface area contributed by atoms with Gasteiger partial charge in [0.15, 0.2) is 0 Å². The molecule has 1 N–H and O–H groups in total. The highest BCUT2D eigenvalue weighted by molar-refractivity contribution is 5.82. The number of halogens is 1. The van der Waals surface area contributed by atoms with Crippen LogP contribution in [0.15, 0.2) is 18.2 Å². The first-order valence-electron chi connectivity index (χ1n) is 7.77. The van der Waals surface area contributed by atoms with E-state index >= 15 is 0 Å². The Morgan fingerprint density at radius 2 is 2.10 bits per heavy atom. The Balaban J connectivity index is 1.94. The second-order valence-electron chi connectivity index (χ2n) is 6.44. The quantitative estimate of drug-likeness (QED) is 0.930. The summed E-state index contributed by atoms with van der Waals surface area (Å²) in [6.07, 6.45) is 4.51. The van der Waals surface area contributed by atoms with E-state index in [0.29, 0.717) is 30.0 Å². The van der Waals surface area contributed by atoms with Crippen molar-refractivity contribution in [3.63, 3.8) is 0 Å². The van der Waals surface area contributed by atoms with E-state index in [0.717, 1.165) is 19.5 Å². The van der Waals surface area contributed by atoms with Crippen LogP contribution in [0.2, 0.25) is 0 Å². The molecule has 2 unspecified atom stereocenters. The number of carboxylic acid groups (broad SMARTS) is 1. The van der Waals surface area contributed by atoms with Gasteiger partial charge in [0.05, 0.1) is 5.41 Å². The molecule has 1 saturated carbocycles. The van der Waals surface area contributed by atoms with Crippen molar-refractivity contribution in [2.75, 3.05) is 13.1 Å². The molecule has 1 saturated heterocycles. The molecule has 1 aliphatic carbocycles. The van der Waals surface area contributed by atoms with Crippen molar-refractivity contribution in [2.45, 2.75) is 50.5 Å². The Labute approximate surface area is 124 Å². The Morgan fingerprint density at radius 3 is 2.76 bits per heavy atom. The molecule has 2 fully saturated rings. The lowest BCUT2D eigenvalue weighted by molar-refractivity contribution is -0.143. The van der Waals surface area contributed by atoms with E-state index in [4.69, 9.17) is 0 Å². The minimum Gasteiger partial charge on any atom is -0.481 e. The molecule has 3 nitrogen and oxygen atoms in total. The van der Waals surface area contributed by atoms with Crippen LogP contribution in [0.4, 0.5) is 4.39 Å². The molecule has 2 atom stereocenters. The average molecular weight is 291 g/mol. The van der Waals surface area contributed by atoms with Gasteiger partial charge in [0, 0.05) is 6.04 Å². The smallest absolute Gasteiger partial charge is 0.314 e. The maximum atomic E-state index is 13.9. The van der Waals surface area contributed by atoms with Crippen LogP contribution >= 0.6 is 0 Å². The first kappa shape index (κ1) is 14.5. The van der Waals surface area contributed by atoms with E-state index in [9.17, 15) is 14.3 Å².